The smallest absolute Gasteiger partial charge is 0.392 e. The first-order chi connectivity index (χ1) is 5.93. The zero-order valence-corrected chi connectivity index (χ0v) is 8.56. The lowest BCUT2D eigenvalue weighted by atomic mass is 10.1. The molecule has 1 N–H and O–H groups in total. The number of aliphatic hydroxyl groups is 1. The lowest BCUT2D eigenvalue weighted by molar-refractivity contribution is -0.137. The van der Waals surface area contributed by atoms with Gasteiger partial charge in [-0.2, -0.15) is 13.2 Å². The third kappa shape index (κ3) is 2.84. The predicted octanol–water partition coefficient (Wildman–Crippen LogP) is 2.80. The quantitative estimate of drug-likeness (QED) is 0.791. The fourth-order valence-electron chi connectivity index (χ4n) is 0.905. The second kappa shape index (κ2) is 3.83. The number of hydrogen-bond acceptors (Lipinski definition) is 1. The molecule has 0 unspecified atom stereocenters. The minimum atomic E-state index is -4.34. The van der Waals surface area contributed by atoms with Crippen molar-refractivity contribution >= 4 is 22.6 Å². The van der Waals surface area contributed by atoms with Gasteiger partial charge in [0.2, 0.25) is 0 Å². The third-order valence-corrected chi connectivity index (χ3v) is 2.09. The average Bonchev–Trinajstić information content (AvgIpc) is 2.01. The minimum absolute atomic E-state index is 0.277. The van der Waals surface area contributed by atoms with Crippen molar-refractivity contribution in [2.75, 3.05) is 0 Å². The number of alkyl halides is 3. The van der Waals surface area contributed by atoms with Crippen LogP contribution in [0.2, 0.25) is 0 Å². The van der Waals surface area contributed by atoms with Crippen LogP contribution in [0, 0.1) is 3.57 Å². The monoisotopic (exact) mass is 302 g/mol. The lowest BCUT2D eigenvalue weighted by Crippen LogP contribution is -2.06. The van der Waals surface area contributed by atoms with Gasteiger partial charge in [-0.05, 0) is 46.4 Å². The summed E-state index contributed by atoms with van der Waals surface area (Å²) >= 11 is 1.78. The molecular weight excluding hydrogens is 296 g/mol. The van der Waals surface area contributed by atoms with Crippen molar-refractivity contribution in [2.45, 2.75) is 12.8 Å². The highest BCUT2D eigenvalue weighted by atomic mass is 127. The maximum absolute atomic E-state index is 12.2. The standard InChI is InChI=1S/C8H6F3IO/c9-8(10,11)6-1-5(4-13)2-7(12)3-6/h1-3,13H,4H2. The zero-order chi connectivity index (χ0) is 10.1. The summed E-state index contributed by atoms with van der Waals surface area (Å²) in [6, 6.07) is 3.50. The molecule has 0 fully saturated rings. The van der Waals surface area contributed by atoms with E-state index in [0.29, 0.717) is 3.57 Å². The van der Waals surface area contributed by atoms with E-state index in [9.17, 15) is 13.2 Å². The van der Waals surface area contributed by atoms with Crippen LogP contribution in [0.5, 0.6) is 0 Å². The number of halogens is 4. The van der Waals surface area contributed by atoms with Crippen LogP contribution in [0.1, 0.15) is 11.1 Å². The van der Waals surface area contributed by atoms with Crippen molar-refractivity contribution in [1.82, 2.24) is 0 Å². The molecule has 0 saturated carbocycles. The van der Waals surface area contributed by atoms with E-state index in [1.165, 1.54) is 6.07 Å². The van der Waals surface area contributed by atoms with Gasteiger partial charge in [0.15, 0.2) is 0 Å². The maximum Gasteiger partial charge on any atom is 0.416 e. The molecule has 13 heavy (non-hydrogen) atoms. The lowest BCUT2D eigenvalue weighted by Gasteiger charge is -2.08. The summed E-state index contributed by atoms with van der Waals surface area (Å²) < 4.78 is 37.1. The van der Waals surface area contributed by atoms with Gasteiger partial charge in [-0.3, -0.25) is 0 Å². The Morgan fingerprint density at radius 2 is 1.85 bits per heavy atom. The summed E-state index contributed by atoms with van der Waals surface area (Å²) in [7, 11) is 0. The largest absolute Gasteiger partial charge is 0.416 e. The van der Waals surface area contributed by atoms with Crippen LogP contribution < -0.4 is 0 Å². The Kier molecular flexibility index (Phi) is 3.18. The molecule has 72 valence electrons. The molecule has 0 atom stereocenters. The fraction of sp³-hybridized carbons (Fsp3) is 0.250. The summed E-state index contributed by atoms with van der Waals surface area (Å²) in [5.74, 6) is 0. The van der Waals surface area contributed by atoms with Gasteiger partial charge in [0.05, 0.1) is 12.2 Å². The van der Waals surface area contributed by atoms with E-state index in [1.807, 2.05) is 0 Å². The minimum Gasteiger partial charge on any atom is -0.392 e. The van der Waals surface area contributed by atoms with Gasteiger partial charge >= 0.3 is 6.18 Å². The summed E-state index contributed by atoms with van der Waals surface area (Å²) in [5, 5.41) is 8.68. The first-order valence-corrected chi connectivity index (χ1v) is 4.49. The molecular formula is C8H6F3IO. The Hall–Kier alpha value is -0.300. The van der Waals surface area contributed by atoms with Gasteiger partial charge in [-0.25, -0.2) is 0 Å². The van der Waals surface area contributed by atoms with E-state index in [0.717, 1.165) is 12.1 Å². The number of benzene rings is 1. The van der Waals surface area contributed by atoms with Crippen molar-refractivity contribution < 1.29 is 18.3 Å². The molecule has 0 aliphatic heterocycles. The highest BCUT2D eigenvalue weighted by Crippen LogP contribution is 2.30. The molecule has 5 heteroatoms. The third-order valence-electron chi connectivity index (χ3n) is 1.47. The highest BCUT2D eigenvalue weighted by molar-refractivity contribution is 14.1. The van der Waals surface area contributed by atoms with E-state index < -0.39 is 11.7 Å². The molecule has 0 aliphatic carbocycles. The van der Waals surface area contributed by atoms with Crippen LogP contribution in [0.4, 0.5) is 13.2 Å². The average molecular weight is 302 g/mol. The van der Waals surface area contributed by atoms with Crippen molar-refractivity contribution in [3.63, 3.8) is 0 Å². The van der Waals surface area contributed by atoms with Crippen molar-refractivity contribution in [3.05, 3.63) is 32.9 Å². The second-order valence-electron chi connectivity index (χ2n) is 2.50. The number of rotatable bonds is 1. The van der Waals surface area contributed by atoms with E-state index in [-0.39, 0.29) is 12.2 Å². The molecule has 0 radical (unpaired) electrons. The second-order valence-corrected chi connectivity index (χ2v) is 3.75. The fourth-order valence-corrected chi connectivity index (χ4v) is 1.64. The van der Waals surface area contributed by atoms with Crippen LogP contribution in [0.3, 0.4) is 0 Å². The van der Waals surface area contributed by atoms with Gasteiger partial charge in [-0.15, -0.1) is 0 Å². The Morgan fingerprint density at radius 1 is 1.23 bits per heavy atom. The highest BCUT2D eigenvalue weighted by Gasteiger charge is 2.30. The van der Waals surface area contributed by atoms with Gasteiger partial charge in [0.1, 0.15) is 0 Å². The molecule has 0 heterocycles. The van der Waals surface area contributed by atoms with E-state index >= 15 is 0 Å². The molecule has 0 bridgehead atoms. The molecule has 0 saturated heterocycles. The van der Waals surface area contributed by atoms with Crippen LogP contribution in [-0.2, 0) is 12.8 Å². The molecule has 0 spiro atoms. The van der Waals surface area contributed by atoms with Crippen molar-refractivity contribution in [2.24, 2.45) is 0 Å². The Balaban J connectivity index is 3.16. The first-order valence-electron chi connectivity index (χ1n) is 3.41. The topological polar surface area (TPSA) is 20.2 Å². The predicted molar refractivity (Wildman–Crippen MR) is 50.1 cm³/mol. The van der Waals surface area contributed by atoms with Gasteiger partial charge in [0.25, 0.3) is 0 Å². The van der Waals surface area contributed by atoms with Crippen LogP contribution >= 0.6 is 22.6 Å². The first kappa shape index (κ1) is 10.8. The zero-order valence-electron chi connectivity index (χ0n) is 6.40. The Morgan fingerprint density at radius 3 is 2.31 bits per heavy atom. The molecule has 0 aliphatic rings. The van der Waals surface area contributed by atoms with E-state index in [1.54, 1.807) is 22.6 Å². The summed E-state index contributed by atoms with van der Waals surface area (Å²) in [6.07, 6.45) is -4.34. The Labute approximate surface area is 86.7 Å². The molecule has 1 nitrogen and oxygen atoms in total. The summed E-state index contributed by atoms with van der Waals surface area (Å²) in [6.45, 7) is -0.375. The van der Waals surface area contributed by atoms with Crippen LogP contribution in [0.25, 0.3) is 0 Å². The molecule has 0 aromatic heterocycles. The summed E-state index contributed by atoms with van der Waals surface area (Å²) in [4.78, 5) is 0. The SMILES string of the molecule is OCc1cc(I)cc(C(F)(F)F)c1. The van der Waals surface area contributed by atoms with Crippen LogP contribution in [0.15, 0.2) is 18.2 Å². The van der Waals surface area contributed by atoms with E-state index in [4.69, 9.17) is 5.11 Å². The molecule has 1 aromatic carbocycles. The molecule has 0 amide bonds. The van der Waals surface area contributed by atoms with E-state index in [2.05, 4.69) is 0 Å². The van der Waals surface area contributed by atoms with Gasteiger partial charge in [0, 0.05) is 3.57 Å². The normalized spacial score (nSPS) is 11.8. The summed E-state index contributed by atoms with van der Waals surface area (Å²) in [5.41, 5.74) is -0.442. The van der Waals surface area contributed by atoms with Crippen molar-refractivity contribution in [3.8, 4) is 0 Å². The van der Waals surface area contributed by atoms with Gasteiger partial charge < -0.3 is 5.11 Å². The molecule has 1 rings (SSSR count). The number of aliphatic hydroxyl groups excluding tert-OH is 1. The Bertz CT molecular complexity index is 309. The van der Waals surface area contributed by atoms with Crippen LogP contribution in [-0.4, -0.2) is 5.11 Å². The maximum atomic E-state index is 12.2. The number of hydrogen-bond donors (Lipinski definition) is 1. The molecule has 1 aromatic rings. The van der Waals surface area contributed by atoms with Crippen molar-refractivity contribution in [1.29, 1.82) is 0 Å². The van der Waals surface area contributed by atoms with Gasteiger partial charge in [-0.1, -0.05) is 0 Å².